The molecule has 0 atom stereocenters. The molecule has 0 aromatic heterocycles. The van der Waals surface area contributed by atoms with Crippen LogP contribution in [0, 0.1) is 0 Å². The van der Waals surface area contributed by atoms with Crippen molar-refractivity contribution in [2.24, 2.45) is 0 Å². The zero-order valence-electron chi connectivity index (χ0n) is 12.2. The third kappa shape index (κ3) is 2.63. The zero-order chi connectivity index (χ0) is 13.2. The SMILES string of the molecule is CC(C)N1CCN(c2cccc3c2CCNC3)CC1. The molecular formula is C16H25N3. The molecule has 104 valence electrons. The summed E-state index contributed by atoms with van der Waals surface area (Å²) >= 11 is 0. The highest BCUT2D eigenvalue weighted by molar-refractivity contribution is 5.58. The van der Waals surface area contributed by atoms with Crippen molar-refractivity contribution in [2.75, 3.05) is 37.6 Å². The highest BCUT2D eigenvalue weighted by atomic mass is 15.3. The molecule has 1 fully saturated rings. The quantitative estimate of drug-likeness (QED) is 0.874. The summed E-state index contributed by atoms with van der Waals surface area (Å²) in [6.45, 7) is 11.5. The average Bonchev–Trinajstić information content (AvgIpc) is 2.47. The lowest BCUT2D eigenvalue weighted by molar-refractivity contribution is 0.209. The number of hydrogen-bond acceptors (Lipinski definition) is 3. The van der Waals surface area contributed by atoms with Gasteiger partial charge in [0, 0.05) is 44.5 Å². The Bertz CT molecular complexity index is 434. The summed E-state index contributed by atoms with van der Waals surface area (Å²) in [5.41, 5.74) is 4.57. The number of benzene rings is 1. The average molecular weight is 259 g/mol. The Hall–Kier alpha value is -1.06. The molecule has 0 aliphatic carbocycles. The van der Waals surface area contributed by atoms with Crippen LogP contribution >= 0.6 is 0 Å². The van der Waals surface area contributed by atoms with E-state index < -0.39 is 0 Å². The van der Waals surface area contributed by atoms with Crippen molar-refractivity contribution in [1.29, 1.82) is 0 Å². The monoisotopic (exact) mass is 259 g/mol. The highest BCUT2D eigenvalue weighted by Crippen LogP contribution is 2.27. The van der Waals surface area contributed by atoms with E-state index in [0.29, 0.717) is 6.04 Å². The minimum atomic E-state index is 0.677. The Morgan fingerprint density at radius 2 is 1.89 bits per heavy atom. The van der Waals surface area contributed by atoms with Gasteiger partial charge in [-0.25, -0.2) is 0 Å². The first-order chi connectivity index (χ1) is 9.25. The van der Waals surface area contributed by atoms with Gasteiger partial charge in [-0.15, -0.1) is 0 Å². The van der Waals surface area contributed by atoms with Crippen molar-refractivity contribution in [1.82, 2.24) is 10.2 Å². The van der Waals surface area contributed by atoms with Crippen LogP contribution in [0.15, 0.2) is 18.2 Å². The van der Waals surface area contributed by atoms with E-state index in [4.69, 9.17) is 0 Å². The van der Waals surface area contributed by atoms with E-state index in [9.17, 15) is 0 Å². The van der Waals surface area contributed by atoms with Gasteiger partial charge in [0.2, 0.25) is 0 Å². The molecule has 1 N–H and O–H groups in total. The van der Waals surface area contributed by atoms with Crippen LogP contribution in [0.1, 0.15) is 25.0 Å². The molecular weight excluding hydrogens is 234 g/mol. The molecule has 0 saturated carbocycles. The van der Waals surface area contributed by atoms with Gasteiger partial charge in [0.25, 0.3) is 0 Å². The van der Waals surface area contributed by atoms with Crippen molar-refractivity contribution in [3.63, 3.8) is 0 Å². The number of rotatable bonds is 2. The van der Waals surface area contributed by atoms with Crippen LogP contribution in [0.4, 0.5) is 5.69 Å². The lowest BCUT2D eigenvalue weighted by Gasteiger charge is -2.39. The summed E-state index contributed by atoms with van der Waals surface area (Å²) in [6.07, 6.45) is 1.18. The minimum absolute atomic E-state index is 0.677. The molecule has 0 unspecified atom stereocenters. The molecule has 0 spiro atoms. The summed E-state index contributed by atoms with van der Waals surface area (Å²) < 4.78 is 0. The Kier molecular flexibility index (Phi) is 3.76. The molecule has 3 heteroatoms. The van der Waals surface area contributed by atoms with E-state index in [1.165, 1.54) is 43.9 Å². The first kappa shape index (κ1) is 12.9. The maximum Gasteiger partial charge on any atom is 0.0403 e. The molecule has 3 rings (SSSR count). The lowest BCUT2D eigenvalue weighted by Crippen LogP contribution is -2.49. The third-order valence-corrected chi connectivity index (χ3v) is 4.50. The molecule has 2 aliphatic heterocycles. The number of nitrogens with zero attached hydrogens (tertiary/aromatic N) is 2. The number of piperazine rings is 1. The summed E-state index contributed by atoms with van der Waals surface area (Å²) in [6, 6.07) is 7.48. The van der Waals surface area contributed by atoms with Gasteiger partial charge >= 0.3 is 0 Å². The van der Waals surface area contributed by atoms with E-state index in [0.717, 1.165) is 13.1 Å². The fourth-order valence-electron chi connectivity index (χ4n) is 3.29. The van der Waals surface area contributed by atoms with E-state index in [1.807, 2.05) is 0 Å². The standard InChI is InChI=1S/C16H25N3/c1-13(2)18-8-10-19(11-9-18)16-5-3-4-14-12-17-7-6-15(14)16/h3-5,13,17H,6-12H2,1-2H3. The number of fused-ring (bicyclic) bond motifs is 1. The molecule has 3 nitrogen and oxygen atoms in total. The molecule has 19 heavy (non-hydrogen) atoms. The molecule has 0 bridgehead atoms. The van der Waals surface area contributed by atoms with E-state index in [1.54, 1.807) is 5.56 Å². The van der Waals surface area contributed by atoms with Gasteiger partial charge in [0.15, 0.2) is 0 Å². The van der Waals surface area contributed by atoms with Gasteiger partial charge < -0.3 is 10.2 Å². The van der Waals surface area contributed by atoms with E-state index in [2.05, 4.69) is 47.2 Å². The van der Waals surface area contributed by atoms with Gasteiger partial charge in [-0.1, -0.05) is 12.1 Å². The number of anilines is 1. The van der Waals surface area contributed by atoms with Crippen molar-refractivity contribution < 1.29 is 0 Å². The Labute approximate surface area is 116 Å². The molecule has 0 amide bonds. The fourth-order valence-corrected chi connectivity index (χ4v) is 3.29. The van der Waals surface area contributed by atoms with Gasteiger partial charge in [-0.2, -0.15) is 0 Å². The summed E-state index contributed by atoms with van der Waals surface area (Å²) in [5.74, 6) is 0. The van der Waals surface area contributed by atoms with E-state index in [-0.39, 0.29) is 0 Å². The van der Waals surface area contributed by atoms with Crippen molar-refractivity contribution in [3.8, 4) is 0 Å². The van der Waals surface area contributed by atoms with Crippen molar-refractivity contribution in [2.45, 2.75) is 32.9 Å². The van der Waals surface area contributed by atoms with Crippen LogP contribution in [0.25, 0.3) is 0 Å². The number of nitrogens with one attached hydrogen (secondary N) is 1. The predicted molar refractivity (Wildman–Crippen MR) is 80.8 cm³/mol. The van der Waals surface area contributed by atoms with Gasteiger partial charge in [0.1, 0.15) is 0 Å². The normalized spacial score (nSPS) is 20.7. The second kappa shape index (κ2) is 5.51. The smallest absolute Gasteiger partial charge is 0.0403 e. The van der Waals surface area contributed by atoms with Crippen LogP contribution in [0.2, 0.25) is 0 Å². The summed E-state index contributed by atoms with van der Waals surface area (Å²) in [4.78, 5) is 5.16. The topological polar surface area (TPSA) is 18.5 Å². The molecule has 0 radical (unpaired) electrons. The van der Waals surface area contributed by atoms with Crippen molar-refractivity contribution in [3.05, 3.63) is 29.3 Å². The lowest BCUT2D eigenvalue weighted by atomic mass is 9.98. The third-order valence-electron chi connectivity index (χ3n) is 4.50. The Balaban J connectivity index is 1.77. The van der Waals surface area contributed by atoms with Crippen LogP contribution < -0.4 is 10.2 Å². The maximum atomic E-state index is 3.47. The van der Waals surface area contributed by atoms with Gasteiger partial charge in [0.05, 0.1) is 0 Å². The van der Waals surface area contributed by atoms with Gasteiger partial charge in [-0.05, 0) is 44.0 Å². The van der Waals surface area contributed by atoms with Crippen molar-refractivity contribution >= 4 is 5.69 Å². The molecule has 1 aromatic carbocycles. The molecule has 1 aromatic rings. The van der Waals surface area contributed by atoms with Crippen LogP contribution in [0.3, 0.4) is 0 Å². The Morgan fingerprint density at radius 3 is 2.63 bits per heavy atom. The van der Waals surface area contributed by atoms with Gasteiger partial charge in [-0.3, -0.25) is 4.90 Å². The van der Waals surface area contributed by atoms with Crippen LogP contribution in [-0.4, -0.2) is 43.7 Å². The van der Waals surface area contributed by atoms with Crippen LogP contribution in [0.5, 0.6) is 0 Å². The second-order valence-corrected chi connectivity index (χ2v) is 5.96. The first-order valence-corrected chi connectivity index (χ1v) is 7.56. The molecule has 2 aliphatic rings. The second-order valence-electron chi connectivity index (χ2n) is 5.96. The highest BCUT2D eigenvalue weighted by Gasteiger charge is 2.22. The maximum absolute atomic E-state index is 3.47. The molecule has 2 heterocycles. The first-order valence-electron chi connectivity index (χ1n) is 7.56. The largest absolute Gasteiger partial charge is 0.369 e. The predicted octanol–water partition coefficient (Wildman–Crippen LogP) is 1.86. The minimum Gasteiger partial charge on any atom is -0.369 e. The number of hydrogen-bond donors (Lipinski definition) is 1. The van der Waals surface area contributed by atoms with E-state index >= 15 is 0 Å². The molecule has 1 saturated heterocycles. The fraction of sp³-hybridized carbons (Fsp3) is 0.625. The zero-order valence-corrected chi connectivity index (χ0v) is 12.2. The summed E-state index contributed by atoms with van der Waals surface area (Å²) in [7, 11) is 0. The Morgan fingerprint density at radius 1 is 1.11 bits per heavy atom. The summed E-state index contributed by atoms with van der Waals surface area (Å²) in [5, 5.41) is 3.47. The van der Waals surface area contributed by atoms with Crippen LogP contribution in [-0.2, 0) is 13.0 Å².